The molecule has 2 aliphatic rings. The number of rotatable bonds is 2. The van der Waals surface area contributed by atoms with Crippen LogP contribution in [0, 0.1) is 0 Å². The van der Waals surface area contributed by atoms with Crippen molar-refractivity contribution >= 4 is 39.0 Å². The third kappa shape index (κ3) is 2.62. The van der Waals surface area contributed by atoms with Crippen LogP contribution in [0.25, 0.3) is 10.2 Å². The zero-order valence-corrected chi connectivity index (χ0v) is 13.5. The number of fused-ring (bicyclic) bond motifs is 1. The Hall–Kier alpha value is -0.910. The van der Waals surface area contributed by atoms with Gasteiger partial charge in [-0.15, -0.1) is 11.3 Å². The topological polar surface area (TPSA) is 32.3 Å². The zero-order valence-electron chi connectivity index (χ0n) is 12.0. The molecule has 1 atom stereocenters. The smallest absolute Gasteiger partial charge is 0.225 e. The summed E-state index contributed by atoms with van der Waals surface area (Å²) in [5.74, 6) is 1.02. The summed E-state index contributed by atoms with van der Waals surface area (Å²) < 4.78 is 0. The lowest BCUT2D eigenvalue weighted by atomic mass is 10.1. The Labute approximate surface area is 133 Å². The first-order valence-corrected chi connectivity index (χ1v) is 8.97. The molecule has 0 aromatic carbocycles. The Morgan fingerprint density at radius 1 is 1.14 bits per heavy atom. The largest absolute Gasteiger partial charge is 0.354 e. The fourth-order valence-electron chi connectivity index (χ4n) is 3.57. The molecule has 112 valence electrons. The lowest BCUT2D eigenvalue weighted by Gasteiger charge is -2.32. The average molecular weight is 323 g/mol. The van der Waals surface area contributed by atoms with Gasteiger partial charge in [0.2, 0.25) is 5.28 Å². The van der Waals surface area contributed by atoms with Crippen LogP contribution < -0.4 is 4.90 Å². The Morgan fingerprint density at radius 3 is 2.86 bits per heavy atom. The number of aromatic nitrogens is 2. The average Bonchev–Trinajstić information content (AvgIpc) is 3.16. The van der Waals surface area contributed by atoms with Gasteiger partial charge in [0.15, 0.2) is 0 Å². The quantitative estimate of drug-likeness (QED) is 0.793. The van der Waals surface area contributed by atoms with Crippen molar-refractivity contribution in [1.29, 1.82) is 0 Å². The summed E-state index contributed by atoms with van der Waals surface area (Å²) in [6, 6.07) is 2.78. The number of halogens is 1. The molecule has 2 saturated heterocycles. The van der Waals surface area contributed by atoms with E-state index >= 15 is 0 Å². The molecule has 0 aliphatic carbocycles. The van der Waals surface area contributed by atoms with Crippen molar-refractivity contribution in [2.75, 3.05) is 31.1 Å². The number of anilines is 1. The second-order valence-electron chi connectivity index (χ2n) is 5.94. The maximum absolute atomic E-state index is 6.09. The van der Waals surface area contributed by atoms with Crippen LogP contribution in [0.2, 0.25) is 5.28 Å². The second-order valence-corrected chi connectivity index (χ2v) is 7.17. The summed E-state index contributed by atoms with van der Waals surface area (Å²) >= 11 is 7.72. The van der Waals surface area contributed by atoms with E-state index in [1.807, 2.05) is 0 Å². The maximum Gasteiger partial charge on any atom is 0.225 e. The second kappa shape index (κ2) is 5.71. The molecular formula is C15H19ClN4S. The van der Waals surface area contributed by atoms with Crippen LogP contribution in [-0.4, -0.2) is 47.1 Å². The highest BCUT2D eigenvalue weighted by Crippen LogP contribution is 2.32. The van der Waals surface area contributed by atoms with Gasteiger partial charge in [-0.05, 0) is 55.4 Å². The van der Waals surface area contributed by atoms with Gasteiger partial charge in [0.05, 0.1) is 5.39 Å². The number of thiophene rings is 1. The molecule has 0 spiro atoms. The van der Waals surface area contributed by atoms with Gasteiger partial charge in [-0.3, -0.25) is 4.90 Å². The van der Waals surface area contributed by atoms with Crippen LogP contribution in [0.1, 0.15) is 25.7 Å². The van der Waals surface area contributed by atoms with Crippen LogP contribution in [0.15, 0.2) is 11.4 Å². The SMILES string of the molecule is Clc1nc(N2CCC(N3CCCCC3)C2)c2ccsc2n1. The molecular weight excluding hydrogens is 304 g/mol. The van der Waals surface area contributed by atoms with Gasteiger partial charge in [-0.2, -0.15) is 4.98 Å². The first kappa shape index (κ1) is 13.7. The summed E-state index contributed by atoms with van der Waals surface area (Å²) in [6.07, 6.45) is 5.33. The molecule has 1 unspecified atom stereocenters. The van der Waals surface area contributed by atoms with Crippen LogP contribution >= 0.6 is 22.9 Å². The van der Waals surface area contributed by atoms with Gasteiger partial charge in [-0.1, -0.05) is 6.42 Å². The van der Waals surface area contributed by atoms with E-state index in [0.29, 0.717) is 11.3 Å². The van der Waals surface area contributed by atoms with Gasteiger partial charge in [0.1, 0.15) is 10.6 Å². The molecule has 0 saturated carbocycles. The van der Waals surface area contributed by atoms with E-state index in [2.05, 4.69) is 31.2 Å². The molecule has 4 heterocycles. The minimum Gasteiger partial charge on any atom is -0.354 e. The van der Waals surface area contributed by atoms with Crippen LogP contribution in [0.3, 0.4) is 0 Å². The van der Waals surface area contributed by atoms with Crippen molar-refractivity contribution in [3.8, 4) is 0 Å². The number of hydrogen-bond donors (Lipinski definition) is 0. The summed E-state index contributed by atoms with van der Waals surface area (Å²) in [6.45, 7) is 4.66. The van der Waals surface area contributed by atoms with Gasteiger partial charge in [-0.25, -0.2) is 4.98 Å². The first-order chi connectivity index (χ1) is 10.3. The lowest BCUT2D eigenvalue weighted by molar-refractivity contribution is 0.175. The molecule has 21 heavy (non-hydrogen) atoms. The predicted octanol–water partition coefficient (Wildman–Crippen LogP) is 3.41. The Kier molecular flexibility index (Phi) is 3.73. The molecule has 2 fully saturated rings. The summed E-state index contributed by atoms with van der Waals surface area (Å²) in [4.78, 5) is 14.9. The fourth-order valence-corrected chi connectivity index (χ4v) is 4.54. The number of piperidine rings is 1. The van der Waals surface area contributed by atoms with Crippen molar-refractivity contribution in [1.82, 2.24) is 14.9 Å². The Balaban J connectivity index is 1.57. The maximum atomic E-state index is 6.09. The van der Waals surface area contributed by atoms with E-state index in [1.165, 1.54) is 38.8 Å². The van der Waals surface area contributed by atoms with Gasteiger partial charge < -0.3 is 4.90 Å². The van der Waals surface area contributed by atoms with Gasteiger partial charge in [0, 0.05) is 19.1 Å². The highest BCUT2D eigenvalue weighted by Gasteiger charge is 2.30. The van der Waals surface area contributed by atoms with Crippen LogP contribution in [0.4, 0.5) is 5.82 Å². The molecule has 0 amide bonds. The van der Waals surface area contributed by atoms with E-state index in [1.54, 1.807) is 11.3 Å². The van der Waals surface area contributed by atoms with E-state index in [9.17, 15) is 0 Å². The zero-order chi connectivity index (χ0) is 14.2. The molecule has 0 N–H and O–H groups in total. The Morgan fingerprint density at radius 2 is 2.00 bits per heavy atom. The fraction of sp³-hybridized carbons (Fsp3) is 0.600. The van der Waals surface area contributed by atoms with Crippen molar-refractivity contribution < 1.29 is 0 Å². The molecule has 4 rings (SSSR count). The van der Waals surface area contributed by atoms with E-state index in [4.69, 9.17) is 11.6 Å². The highest BCUT2D eigenvalue weighted by molar-refractivity contribution is 7.16. The summed E-state index contributed by atoms with van der Waals surface area (Å²) in [5, 5.41) is 3.57. The normalized spacial score (nSPS) is 24.0. The van der Waals surface area contributed by atoms with Gasteiger partial charge >= 0.3 is 0 Å². The monoisotopic (exact) mass is 322 g/mol. The molecule has 0 radical (unpaired) electrons. The number of likely N-dealkylation sites (tertiary alicyclic amines) is 1. The summed E-state index contributed by atoms with van der Waals surface area (Å²) in [7, 11) is 0. The van der Waals surface area contributed by atoms with Crippen molar-refractivity contribution in [3.63, 3.8) is 0 Å². The van der Waals surface area contributed by atoms with E-state index in [0.717, 1.165) is 29.1 Å². The third-order valence-corrected chi connectivity index (χ3v) is 5.62. The predicted molar refractivity (Wildman–Crippen MR) is 88.5 cm³/mol. The molecule has 4 nitrogen and oxygen atoms in total. The van der Waals surface area contributed by atoms with Crippen molar-refractivity contribution in [2.45, 2.75) is 31.7 Å². The third-order valence-electron chi connectivity index (χ3n) is 4.65. The van der Waals surface area contributed by atoms with E-state index in [-0.39, 0.29) is 0 Å². The lowest BCUT2D eigenvalue weighted by Crippen LogP contribution is -2.41. The molecule has 0 bridgehead atoms. The Bertz CT molecular complexity index is 638. The highest BCUT2D eigenvalue weighted by atomic mass is 35.5. The molecule has 6 heteroatoms. The first-order valence-electron chi connectivity index (χ1n) is 7.71. The van der Waals surface area contributed by atoms with Crippen molar-refractivity contribution in [3.05, 3.63) is 16.7 Å². The standard InChI is InChI=1S/C15H19ClN4S/c16-15-17-13(12-5-9-21-14(12)18-15)20-8-4-11(10-20)19-6-2-1-3-7-19/h5,9,11H,1-4,6-8,10H2. The number of hydrogen-bond acceptors (Lipinski definition) is 5. The van der Waals surface area contributed by atoms with Crippen LogP contribution in [-0.2, 0) is 0 Å². The molecule has 2 aromatic rings. The van der Waals surface area contributed by atoms with E-state index < -0.39 is 0 Å². The molecule has 2 aliphatic heterocycles. The molecule has 2 aromatic heterocycles. The minimum atomic E-state index is 0.362. The van der Waals surface area contributed by atoms with Crippen molar-refractivity contribution in [2.24, 2.45) is 0 Å². The number of nitrogens with zero attached hydrogens (tertiary/aromatic N) is 4. The summed E-state index contributed by atoms with van der Waals surface area (Å²) in [5.41, 5.74) is 0. The van der Waals surface area contributed by atoms with Gasteiger partial charge in [0.25, 0.3) is 0 Å². The minimum absolute atomic E-state index is 0.362. The van der Waals surface area contributed by atoms with Crippen LogP contribution in [0.5, 0.6) is 0 Å².